The van der Waals surface area contributed by atoms with E-state index in [1.807, 2.05) is 6.92 Å². The molecule has 0 saturated carbocycles. The number of nitrogens with one attached hydrogen (secondary N) is 3. The molecular weight excluding hydrogens is 406 g/mol. The number of aryl methyl sites for hydroxylation is 2. The molecule has 0 atom stereocenters. The minimum atomic E-state index is -1.23. The summed E-state index contributed by atoms with van der Waals surface area (Å²) in [5, 5.41) is 5.32. The predicted octanol–water partition coefficient (Wildman–Crippen LogP) is 2.14. The maximum Gasteiger partial charge on any atom is 0.287 e. The van der Waals surface area contributed by atoms with Gasteiger partial charge in [0, 0.05) is 17.0 Å². The zero-order valence-electron chi connectivity index (χ0n) is 15.2. The average Bonchev–Trinajstić information content (AvgIpc) is 2.97. The van der Waals surface area contributed by atoms with Gasteiger partial charge in [0.1, 0.15) is 4.83 Å². The minimum Gasteiger partial charge on any atom is -0.478 e. The Morgan fingerprint density at radius 1 is 1.34 bits per heavy atom. The number of anilines is 1. The van der Waals surface area contributed by atoms with Gasteiger partial charge in [0.25, 0.3) is 17.4 Å². The highest BCUT2D eigenvalue weighted by Gasteiger charge is 2.26. The molecule has 150 valence electrons. The molecule has 2 amide bonds. The molecule has 1 aliphatic heterocycles. The standard InChI is InChI=1S/C18H14F2N4O4S/c1-6-7(2)29-18-11(6)16(26)23-15(24-18)17(27)21-4-8-3-9(19)12(20)14-13(8)22-10(25)5-28-14/h3H,4-5H2,1-2H3,(H,21,27)(H,22,25)(H,23,24,26). The topological polar surface area (TPSA) is 113 Å². The normalized spacial score (nSPS) is 13.0. The van der Waals surface area contributed by atoms with Crippen LogP contribution in [0.15, 0.2) is 10.9 Å². The maximum absolute atomic E-state index is 13.9. The third kappa shape index (κ3) is 3.23. The SMILES string of the molecule is Cc1sc2nc(C(=O)NCc3cc(F)c(F)c4c3NC(=O)CO4)[nH]c(=O)c2c1C. The maximum atomic E-state index is 13.9. The summed E-state index contributed by atoms with van der Waals surface area (Å²) in [6.07, 6.45) is 0. The van der Waals surface area contributed by atoms with Gasteiger partial charge in [-0.2, -0.15) is 4.39 Å². The summed E-state index contributed by atoms with van der Waals surface area (Å²) in [6.45, 7) is 2.95. The number of hydrogen-bond acceptors (Lipinski definition) is 6. The quantitative estimate of drug-likeness (QED) is 0.601. The van der Waals surface area contributed by atoms with Crippen LogP contribution in [0.4, 0.5) is 14.5 Å². The molecule has 3 N–H and O–H groups in total. The van der Waals surface area contributed by atoms with Crippen LogP contribution in [0.1, 0.15) is 26.6 Å². The molecule has 1 aromatic carbocycles. The van der Waals surface area contributed by atoms with Crippen molar-refractivity contribution in [1.29, 1.82) is 0 Å². The van der Waals surface area contributed by atoms with E-state index in [0.717, 1.165) is 16.5 Å². The summed E-state index contributed by atoms with van der Waals surface area (Å²) >= 11 is 1.29. The van der Waals surface area contributed by atoms with Crippen molar-refractivity contribution in [2.75, 3.05) is 11.9 Å². The fourth-order valence-electron chi connectivity index (χ4n) is 3.00. The molecule has 0 spiro atoms. The smallest absolute Gasteiger partial charge is 0.287 e. The van der Waals surface area contributed by atoms with Gasteiger partial charge in [-0.15, -0.1) is 11.3 Å². The first kappa shape index (κ1) is 19.0. The number of thiophene rings is 1. The first-order chi connectivity index (χ1) is 13.8. The molecular formula is C18H14F2N4O4S. The summed E-state index contributed by atoms with van der Waals surface area (Å²) in [6, 6.07) is 0.856. The molecule has 0 saturated heterocycles. The van der Waals surface area contributed by atoms with Crippen molar-refractivity contribution in [2.24, 2.45) is 0 Å². The average molecular weight is 420 g/mol. The van der Waals surface area contributed by atoms with Crippen LogP contribution in [0.3, 0.4) is 0 Å². The first-order valence-corrected chi connectivity index (χ1v) is 9.29. The Morgan fingerprint density at radius 3 is 2.86 bits per heavy atom. The Kier molecular flexibility index (Phi) is 4.53. The van der Waals surface area contributed by atoms with Gasteiger partial charge in [-0.1, -0.05) is 0 Å². The van der Waals surface area contributed by atoms with Gasteiger partial charge < -0.3 is 20.4 Å². The van der Waals surface area contributed by atoms with E-state index >= 15 is 0 Å². The van der Waals surface area contributed by atoms with E-state index in [4.69, 9.17) is 4.74 Å². The molecule has 3 heterocycles. The number of carbonyl (C=O) groups is 2. The second-order valence-corrected chi connectivity index (χ2v) is 7.64. The second-order valence-electron chi connectivity index (χ2n) is 6.43. The van der Waals surface area contributed by atoms with Crippen LogP contribution >= 0.6 is 11.3 Å². The number of hydrogen-bond donors (Lipinski definition) is 3. The van der Waals surface area contributed by atoms with Crippen molar-refractivity contribution in [1.82, 2.24) is 15.3 Å². The van der Waals surface area contributed by atoms with Crippen LogP contribution in [0.5, 0.6) is 5.75 Å². The van der Waals surface area contributed by atoms with E-state index in [1.54, 1.807) is 6.92 Å². The number of halogens is 2. The lowest BCUT2D eigenvalue weighted by Gasteiger charge is -2.21. The van der Waals surface area contributed by atoms with Gasteiger partial charge >= 0.3 is 0 Å². The fraction of sp³-hybridized carbons (Fsp3) is 0.222. The van der Waals surface area contributed by atoms with E-state index in [-0.39, 0.29) is 23.6 Å². The Morgan fingerprint density at radius 2 is 2.10 bits per heavy atom. The van der Waals surface area contributed by atoms with Crippen LogP contribution < -0.4 is 20.9 Å². The highest BCUT2D eigenvalue weighted by molar-refractivity contribution is 7.18. The van der Waals surface area contributed by atoms with Crippen molar-refractivity contribution < 1.29 is 23.1 Å². The summed E-state index contributed by atoms with van der Waals surface area (Å²) in [5.74, 6) is -4.28. The van der Waals surface area contributed by atoms with Crippen molar-refractivity contribution in [3.8, 4) is 5.75 Å². The molecule has 0 fully saturated rings. The molecule has 4 rings (SSSR count). The Labute approximate surface area is 165 Å². The van der Waals surface area contributed by atoms with Gasteiger partial charge in [0.2, 0.25) is 11.6 Å². The third-order valence-electron chi connectivity index (χ3n) is 4.56. The molecule has 1 aliphatic rings. The van der Waals surface area contributed by atoms with E-state index in [9.17, 15) is 23.2 Å². The highest BCUT2D eigenvalue weighted by Crippen LogP contribution is 2.35. The molecule has 3 aromatic rings. The molecule has 0 radical (unpaired) electrons. The number of amides is 2. The second kappa shape index (κ2) is 6.92. The van der Waals surface area contributed by atoms with Crippen molar-refractivity contribution in [3.05, 3.63) is 49.9 Å². The van der Waals surface area contributed by atoms with E-state index in [1.165, 1.54) is 11.3 Å². The van der Waals surface area contributed by atoms with Crippen LogP contribution in [-0.2, 0) is 11.3 Å². The van der Waals surface area contributed by atoms with Gasteiger partial charge in [-0.3, -0.25) is 14.4 Å². The summed E-state index contributed by atoms with van der Waals surface area (Å²) in [5.41, 5.74) is 0.413. The lowest BCUT2D eigenvalue weighted by atomic mass is 10.1. The molecule has 0 aliphatic carbocycles. The molecule has 8 nitrogen and oxygen atoms in total. The summed E-state index contributed by atoms with van der Waals surface area (Å²) in [4.78, 5) is 44.3. The predicted molar refractivity (Wildman–Crippen MR) is 101 cm³/mol. The Balaban J connectivity index is 1.62. The zero-order chi connectivity index (χ0) is 20.9. The number of carbonyl (C=O) groups excluding carboxylic acids is 2. The first-order valence-electron chi connectivity index (χ1n) is 8.48. The number of ether oxygens (including phenoxy) is 1. The van der Waals surface area contributed by atoms with Gasteiger partial charge in [0.15, 0.2) is 18.2 Å². The third-order valence-corrected chi connectivity index (χ3v) is 5.66. The molecule has 0 unspecified atom stereocenters. The zero-order valence-corrected chi connectivity index (χ0v) is 16.1. The van der Waals surface area contributed by atoms with E-state index in [0.29, 0.717) is 10.2 Å². The lowest BCUT2D eigenvalue weighted by molar-refractivity contribution is -0.118. The fourth-order valence-corrected chi connectivity index (χ4v) is 4.03. The molecule has 2 aromatic heterocycles. The Hall–Kier alpha value is -3.34. The Bertz CT molecular complexity index is 1250. The number of aromatic nitrogens is 2. The number of nitrogens with zero attached hydrogens (tertiary/aromatic N) is 1. The number of aromatic amines is 1. The van der Waals surface area contributed by atoms with Gasteiger partial charge in [-0.25, -0.2) is 9.37 Å². The lowest BCUT2D eigenvalue weighted by Crippen LogP contribution is -2.30. The number of rotatable bonds is 3. The number of H-pyrrole nitrogens is 1. The van der Waals surface area contributed by atoms with E-state index in [2.05, 4.69) is 20.6 Å². The minimum absolute atomic E-state index is 0.0538. The number of fused-ring (bicyclic) bond motifs is 2. The van der Waals surface area contributed by atoms with E-state index < -0.39 is 41.4 Å². The van der Waals surface area contributed by atoms with Crippen molar-refractivity contribution >= 4 is 39.1 Å². The van der Waals surface area contributed by atoms with Crippen molar-refractivity contribution in [2.45, 2.75) is 20.4 Å². The summed E-state index contributed by atoms with van der Waals surface area (Å²) in [7, 11) is 0. The van der Waals surface area contributed by atoms with Crippen LogP contribution in [-0.4, -0.2) is 28.4 Å². The van der Waals surface area contributed by atoms with Crippen molar-refractivity contribution in [3.63, 3.8) is 0 Å². The molecule has 0 bridgehead atoms. The largest absolute Gasteiger partial charge is 0.478 e. The monoisotopic (exact) mass is 420 g/mol. The van der Waals surface area contributed by atoms with Crippen LogP contribution in [0, 0.1) is 25.5 Å². The molecule has 29 heavy (non-hydrogen) atoms. The highest BCUT2D eigenvalue weighted by atomic mass is 32.1. The molecule has 11 heteroatoms. The van der Waals surface area contributed by atoms with Crippen LogP contribution in [0.2, 0.25) is 0 Å². The van der Waals surface area contributed by atoms with Gasteiger partial charge in [-0.05, 0) is 25.5 Å². The van der Waals surface area contributed by atoms with Crippen LogP contribution in [0.25, 0.3) is 10.2 Å². The number of benzene rings is 1. The summed E-state index contributed by atoms with van der Waals surface area (Å²) < 4.78 is 32.7. The van der Waals surface area contributed by atoms with Gasteiger partial charge in [0.05, 0.1) is 11.1 Å².